The van der Waals surface area contributed by atoms with Crippen LogP contribution >= 0.6 is 0 Å². The van der Waals surface area contributed by atoms with Crippen molar-refractivity contribution in [3.8, 4) is 11.5 Å². The molecule has 0 N–H and O–H groups in total. The van der Waals surface area contributed by atoms with Crippen molar-refractivity contribution in [3.63, 3.8) is 0 Å². The van der Waals surface area contributed by atoms with Crippen molar-refractivity contribution in [2.45, 2.75) is 6.61 Å². The quantitative estimate of drug-likeness (QED) is 0.808. The molecule has 0 unspecified atom stereocenters. The van der Waals surface area contributed by atoms with Crippen LogP contribution in [0, 0.1) is 5.82 Å². The van der Waals surface area contributed by atoms with Crippen molar-refractivity contribution in [2.24, 2.45) is 0 Å². The van der Waals surface area contributed by atoms with Crippen molar-refractivity contribution >= 4 is 0 Å². The van der Waals surface area contributed by atoms with Crippen LogP contribution in [0.3, 0.4) is 0 Å². The average Bonchev–Trinajstić information content (AvgIpc) is 2.37. The van der Waals surface area contributed by atoms with Crippen LogP contribution in [0.4, 0.5) is 4.39 Å². The molecule has 2 aromatic rings. The monoisotopic (exact) mass is 235 g/mol. The summed E-state index contributed by atoms with van der Waals surface area (Å²) in [4.78, 5) is 0. The Morgan fingerprint density at radius 1 is 1.18 bits per heavy atom. The van der Waals surface area contributed by atoms with Gasteiger partial charge in [0, 0.05) is 6.07 Å². The second kappa shape index (κ2) is 5.34. The molecule has 0 saturated heterocycles. The Hall–Kier alpha value is -2.03. The molecule has 0 aliphatic heterocycles. The summed E-state index contributed by atoms with van der Waals surface area (Å²) in [6.07, 6.45) is 0. The molecule has 2 nitrogen and oxygen atoms in total. The third kappa shape index (κ3) is 2.97. The van der Waals surface area contributed by atoms with Crippen molar-refractivity contribution < 1.29 is 18.0 Å². The van der Waals surface area contributed by atoms with E-state index in [0.29, 0.717) is 0 Å². The third-order valence-electron chi connectivity index (χ3n) is 2.26. The zero-order chi connectivity index (χ0) is 14.6. The predicted molar refractivity (Wildman–Crippen MR) is 63.7 cm³/mol. The summed E-state index contributed by atoms with van der Waals surface area (Å²) in [5.74, 6) is -0.677. The van der Waals surface area contributed by atoms with Crippen molar-refractivity contribution in [2.75, 3.05) is 7.04 Å². The molecule has 0 radical (unpaired) electrons. The first-order chi connectivity index (χ1) is 9.44. The summed E-state index contributed by atoms with van der Waals surface area (Å²) in [7, 11) is -2.60. The molecule has 0 saturated carbocycles. The molecule has 0 atom stereocenters. The van der Waals surface area contributed by atoms with Crippen molar-refractivity contribution in [3.05, 3.63) is 59.9 Å². The molecule has 0 aliphatic carbocycles. The number of hydrogen-bond acceptors (Lipinski definition) is 2. The summed E-state index contributed by atoms with van der Waals surface area (Å²) in [5.41, 5.74) is 0.912. The number of ether oxygens (including phenoxy) is 2. The SMILES string of the molecule is [2H]C([2H])([2H])Oc1ccc(OCc2ccccc2)c(F)c1. The minimum atomic E-state index is -2.60. The van der Waals surface area contributed by atoms with Crippen LogP contribution in [0.15, 0.2) is 48.5 Å². The topological polar surface area (TPSA) is 18.5 Å². The molecular weight excluding hydrogens is 219 g/mol. The first kappa shape index (κ1) is 8.12. The maximum absolute atomic E-state index is 13.7. The zero-order valence-corrected chi connectivity index (χ0v) is 9.02. The first-order valence-electron chi connectivity index (χ1n) is 6.59. The maximum Gasteiger partial charge on any atom is 0.168 e. The van der Waals surface area contributed by atoms with Gasteiger partial charge >= 0.3 is 0 Å². The average molecular weight is 235 g/mol. The summed E-state index contributed by atoms with van der Waals surface area (Å²) < 4.78 is 44.5. The smallest absolute Gasteiger partial charge is 0.168 e. The van der Waals surface area contributed by atoms with Gasteiger partial charge in [0.25, 0.3) is 0 Å². The number of rotatable bonds is 4. The molecule has 0 fully saturated rings. The molecule has 0 aliphatic rings. The highest BCUT2D eigenvalue weighted by molar-refractivity contribution is 5.33. The summed E-state index contributed by atoms with van der Waals surface area (Å²) in [5, 5.41) is 0. The lowest BCUT2D eigenvalue weighted by molar-refractivity contribution is 0.289. The second-order valence-corrected chi connectivity index (χ2v) is 3.47. The van der Waals surface area contributed by atoms with E-state index < -0.39 is 12.9 Å². The number of methoxy groups -OCH3 is 1. The molecule has 0 bridgehead atoms. The van der Waals surface area contributed by atoms with Crippen LogP contribution in [-0.2, 0) is 6.61 Å². The number of benzene rings is 2. The zero-order valence-electron chi connectivity index (χ0n) is 12.0. The Balaban J connectivity index is 2.03. The van der Waals surface area contributed by atoms with Crippen LogP contribution in [0.1, 0.15) is 9.68 Å². The summed E-state index contributed by atoms with van der Waals surface area (Å²) >= 11 is 0. The lowest BCUT2D eigenvalue weighted by Crippen LogP contribution is -1.97. The van der Waals surface area contributed by atoms with Crippen LogP contribution in [-0.4, -0.2) is 7.04 Å². The van der Waals surface area contributed by atoms with E-state index in [0.717, 1.165) is 11.6 Å². The Kier molecular flexibility index (Phi) is 2.55. The standard InChI is InChI=1S/C14H13FO2/c1-16-12-7-8-14(13(15)9-12)17-10-11-5-3-2-4-6-11/h2-9H,10H2,1H3/i1D3. The van der Waals surface area contributed by atoms with Gasteiger partial charge in [0.15, 0.2) is 11.6 Å². The van der Waals surface area contributed by atoms with Crippen LogP contribution < -0.4 is 9.47 Å². The van der Waals surface area contributed by atoms with Crippen LogP contribution in [0.2, 0.25) is 0 Å². The molecular formula is C14H13FO2. The Morgan fingerprint density at radius 2 is 2.00 bits per heavy atom. The Labute approximate surface area is 104 Å². The van der Waals surface area contributed by atoms with Crippen molar-refractivity contribution in [1.29, 1.82) is 0 Å². The van der Waals surface area contributed by atoms with Gasteiger partial charge in [-0.05, 0) is 17.7 Å². The van der Waals surface area contributed by atoms with E-state index in [1.807, 2.05) is 30.3 Å². The normalized spacial score (nSPS) is 13.4. The van der Waals surface area contributed by atoms with E-state index in [4.69, 9.17) is 8.85 Å². The fourth-order valence-corrected chi connectivity index (χ4v) is 1.40. The van der Waals surface area contributed by atoms with Gasteiger partial charge in [-0.2, -0.15) is 0 Å². The molecule has 2 aromatic carbocycles. The fourth-order valence-electron chi connectivity index (χ4n) is 1.40. The molecule has 0 spiro atoms. The van der Waals surface area contributed by atoms with E-state index in [9.17, 15) is 4.39 Å². The van der Waals surface area contributed by atoms with Gasteiger partial charge in [-0.25, -0.2) is 4.39 Å². The predicted octanol–water partition coefficient (Wildman–Crippen LogP) is 3.41. The Bertz CT molecular complexity index is 570. The second-order valence-electron chi connectivity index (χ2n) is 3.47. The maximum atomic E-state index is 13.7. The van der Waals surface area contributed by atoms with Gasteiger partial charge in [-0.15, -0.1) is 0 Å². The number of halogens is 1. The van der Waals surface area contributed by atoms with Crippen molar-refractivity contribution in [1.82, 2.24) is 0 Å². The molecule has 88 valence electrons. The van der Waals surface area contributed by atoms with Gasteiger partial charge in [-0.3, -0.25) is 0 Å². The molecule has 2 rings (SSSR count). The van der Waals surface area contributed by atoms with Gasteiger partial charge in [0.2, 0.25) is 0 Å². The highest BCUT2D eigenvalue weighted by Crippen LogP contribution is 2.23. The molecule has 0 amide bonds. The lowest BCUT2D eigenvalue weighted by Gasteiger charge is -2.08. The van der Waals surface area contributed by atoms with E-state index in [-0.39, 0.29) is 18.1 Å². The molecule has 0 heterocycles. The summed E-state index contributed by atoms with van der Waals surface area (Å²) in [6.45, 7) is 0.233. The minimum absolute atomic E-state index is 0.0479. The first-order valence-corrected chi connectivity index (χ1v) is 5.09. The van der Waals surface area contributed by atoms with E-state index in [1.165, 1.54) is 12.1 Å². The summed E-state index contributed by atoms with van der Waals surface area (Å²) in [6, 6.07) is 13.0. The van der Waals surface area contributed by atoms with Crippen LogP contribution in [0.25, 0.3) is 0 Å². The highest BCUT2D eigenvalue weighted by Gasteiger charge is 2.05. The molecule has 0 aromatic heterocycles. The Morgan fingerprint density at radius 3 is 2.71 bits per heavy atom. The van der Waals surface area contributed by atoms with Gasteiger partial charge in [0.05, 0.1) is 11.2 Å². The van der Waals surface area contributed by atoms with Crippen LogP contribution in [0.5, 0.6) is 11.5 Å². The highest BCUT2D eigenvalue weighted by atomic mass is 19.1. The number of hydrogen-bond donors (Lipinski definition) is 0. The van der Waals surface area contributed by atoms with Gasteiger partial charge < -0.3 is 9.47 Å². The lowest BCUT2D eigenvalue weighted by atomic mass is 10.2. The molecule has 3 heteroatoms. The van der Waals surface area contributed by atoms with E-state index in [1.54, 1.807) is 0 Å². The van der Waals surface area contributed by atoms with Gasteiger partial charge in [-0.1, -0.05) is 30.3 Å². The largest absolute Gasteiger partial charge is 0.497 e. The van der Waals surface area contributed by atoms with Gasteiger partial charge in [0.1, 0.15) is 12.4 Å². The molecule has 17 heavy (non-hydrogen) atoms. The third-order valence-corrected chi connectivity index (χ3v) is 2.26. The minimum Gasteiger partial charge on any atom is -0.497 e. The fraction of sp³-hybridized carbons (Fsp3) is 0.143. The van der Waals surface area contributed by atoms with E-state index >= 15 is 0 Å². The van der Waals surface area contributed by atoms with E-state index in [2.05, 4.69) is 4.74 Å².